The first-order chi connectivity index (χ1) is 11.3. The lowest BCUT2D eigenvalue weighted by Gasteiger charge is -2.16. The third kappa shape index (κ3) is 4.19. The number of ether oxygens (including phenoxy) is 2. The highest BCUT2D eigenvalue weighted by atomic mass is 16.6. The second kappa shape index (κ2) is 7.26. The van der Waals surface area contributed by atoms with Gasteiger partial charge in [-0.1, -0.05) is 0 Å². The maximum atomic E-state index is 11.9. The van der Waals surface area contributed by atoms with E-state index >= 15 is 0 Å². The minimum Gasteiger partial charge on any atom is -0.491 e. The van der Waals surface area contributed by atoms with Gasteiger partial charge in [-0.2, -0.15) is 0 Å². The maximum Gasteiger partial charge on any atom is 0.325 e. The number of carbonyl (C=O) groups excluding carboxylic acids is 2. The quantitative estimate of drug-likeness (QED) is 0.331. The Kier molecular flexibility index (Phi) is 5.35. The number of imide groups is 1. The summed E-state index contributed by atoms with van der Waals surface area (Å²) in [6.07, 6.45) is 0. The summed E-state index contributed by atoms with van der Waals surface area (Å²) >= 11 is 0. The fraction of sp³-hybridized carbons (Fsp3) is 0.467. The lowest BCUT2D eigenvalue weighted by atomic mass is 10.1. The minimum atomic E-state index is -0.879. The van der Waals surface area contributed by atoms with Crippen molar-refractivity contribution in [2.45, 2.75) is 19.4 Å². The van der Waals surface area contributed by atoms with Gasteiger partial charge in [0.15, 0.2) is 0 Å². The fourth-order valence-corrected chi connectivity index (χ4v) is 2.16. The second-order valence-electron chi connectivity index (χ2n) is 5.72. The summed E-state index contributed by atoms with van der Waals surface area (Å²) in [6, 6.07) is 5.31. The predicted molar refractivity (Wildman–Crippen MR) is 83.7 cm³/mol. The first kappa shape index (κ1) is 17.7. The Morgan fingerprint density at radius 1 is 1.17 bits per heavy atom. The van der Waals surface area contributed by atoms with E-state index in [1.54, 1.807) is 13.8 Å². The number of nitro groups is 1. The molecule has 1 aliphatic heterocycles. The molecule has 2 rings (SSSR count). The first-order valence-electron chi connectivity index (χ1n) is 7.40. The molecule has 1 aromatic rings. The summed E-state index contributed by atoms with van der Waals surface area (Å²) in [4.78, 5) is 34.7. The molecule has 130 valence electrons. The van der Waals surface area contributed by atoms with Gasteiger partial charge in [-0.3, -0.25) is 19.8 Å². The molecule has 24 heavy (non-hydrogen) atoms. The first-order valence-corrected chi connectivity index (χ1v) is 7.40. The van der Waals surface area contributed by atoms with Crippen LogP contribution in [0.2, 0.25) is 0 Å². The van der Waals surface area contributed by atoms with Crippen molar-refractivity contribution in [3.05, 3.63) is 34.4 Å². The number of hydrogen-bond donors (Lipinski definition) is 1. The van der Waals surface area contributed by atoms with Gasteiger partial charge in [-0.15, -0.1) is 0 Å². The molecular formula is C15H19N3O6. The number of carbonyl (C=O) groups is 2. The highest BCUT2D eigenvalue weighted by Gasteiger charge is 2.43. The summed E-state index contributed by atoms with van der Waals surface area (Å²) in [6.45, 7) is 4.19. The molecular weight excluding hydrogens is 318 g/mol. The van der Waals surface area contributed by atoms with Crippen LogP contribution in [0.15, 0.2) is 24.3 Å². The van der Waals surface area contributed by atoms with Crippen LogP contribution in [-0.2, 0) is 9.53 Å². The summed E-state index contributed by atoms with van der Waals surface area (Å²) < 4.78 is 10.7. The third-order valence-corrected chi connectivity index (χ3v) is 3.45. The summed E-state index contributed by atoms with van der Waals surface area (Å²) in [7, 11) is 0. The molecule has 1 saturated heterocycles. The molecule has 1 aliphatic rings. The van der Waals surface area contributed by atoms with Crippen molar-refractivity contribution >= 4 is 17.6 Å². The van der Waals surface area contributed by atoms with Crippen molar-refractivity contribution in [1.29, 1.82) is 0 Å². The van der Waals surface area contributed by atoms with E-state index in [0.717, 1.165) is 4.90 Å². The molecule has 0 atom stereocenters. The molecule has 0 aromatic heterocycles. The topological polar surface area (TPSA) is 111 Å². The highest BCUT2D eigenvalue weighted by molar-refractivity contribution is 6.06. The zero-order valence-electron chi connectivity index (χ0n) is 13.5. The molecule has 1 heterocycles. The smallest absolute Gasteiger partial charge is 0.325 e. The van der Waals surface area contributed by atoms with Crippen LogP contribution in [0.3, 0.4) is 0 Å². The number of amides is 3. The van der Waals surface area contributed by atoms with E-state index in [9.17, 15) is 19.7 Å². The van der Waals surface area contributed by atoms with Gasteiger partial charge in [0.2, 0.25) is 0 Å². The molecule has 1 fully saturated rings. The van der Waals surface area contributed by atoms with Crippen LogP contribution in [0.4, 0.5) is 10.5 Å². The molecule has 0 radical (unpaired) electrons. The van der Waals surface area contributed by atoms with Gasteiger partial charge >= 0.3 is 6.03 Å². The van der Waals surface area contributed by atoms with E-state index in [-0.39, 0.29) is 38.0 Å². The van der Waals surface area contributed by atoms with Gasteiger partial charge in [0, 0.05) is 12.1 Å². The standard InChI is InChI=1S/C15H19N3O6/c1-15(2)13(19)17(14(20)16-15)7-8-23-9-10-24-12-5-3-11(4-6-12)18(21)22/h3-6H,7-10H2,1-2H3,(H,16,20). The van der Waals surface area contributed by atoms with Crippen molar-refractivity contribution < 1.29 is 24.0 Å². The van der Waals surface area contributed by atoms with Crippen molar-refractivity contribution in [3.63, 3.8) is 0 Å². The van der Waals surface area contributed by atoms with Crippen LogP contribution in [0.1, 0.15) is 13.8 Å². The molecule has 9 heteroatoms. The molecule has 0 bridgehead atoms. The van der Waals surface area contributed by atoms with Crippen LogP contribution in [0, 0.1) is 10.1 Å². The van der Waals surface area contributed by atoms with E-state index in [4.69, 9.17) is 9.47 Å². The van der Waals surface area contributed by atoms with Gasteiger partial charge < -0.3 is 14.8 Å². The van der Waals surface area contributed by atoms with Gasteiger partial charge in [-0.25, -0.2) is 4.79 Å². The van der Waals surface area contributed by atoms with Gasteiger partial charge in [-0.05, 0) is 26.0 Å². The number of benzene rings is 1. The number of nitrogens with one attached hydrogen (secondary N) is 1. The van der Waals surface area contributed by atoms with Crippen molar-refractivity contribution in [3.8, 4) is 5.75 Å². The average molecular weight is 337 g/mol. The Labute approximate surface area is 138 Å². The van der Waals surface area contributed by atoms with E-state index in [0.29, 0.717) is 5.75 Å². The molecule has 1 aromatic carbocycles. The second-order valence-corrected chi connectivity index (χ2v) is 5.72. The van der Waals surface area contributed by atoms with Crippen molar-refractivity contribution in [2.24, 2.45) is 0 Å². The average Bonchev–Trinajstić information content (AvgIpc) is 2.72. The largest absolute Gasteiger partial charge is 0.491 e. The number of rotatable bonds is 8. The number of nitro benzene ring substituents is 1. The third-order valence-electron chi connectivity index (χ3n) is 3.45. The maximum absolute atomic E-state index is 11.9. The van der Waals surface area contributed by atoms with Gasteiger partial charge in [0.1, 0.15) is 17.9 Å². The highest BCUT2D eigenvalue weighted by Crippen LogP contribution is 2.17. The molecule has 0 unspecified atom stereocenters. The molecule has 1 N–H and O–H groups in total. The van der Waals surface area contributed by atoms with Crippen molar-refractivity contribution in [1.82, 2.24) is 10.2 Å². The fourth-order valence-electron chi connectivity index (χ4n) is 2.16. The van der Waals surface area contributed by atoms with Gasteiger partial charge in [0.05, 0.1) is 24.7 Å². The number of hydrogen-bond acceptors (Lipinski definition) is 6. The number of urea groups is 1. The van der Waals surface area contributed by atoms with Crippen LogP contribution >= 0.6 is 0 Å². The number of nitrogens with zero attached hydrogens (tertiary/aromatic N) is 2. The minimum absolute atomic E-state index is 0.00455. The SMILES string of the molecule is CC1(C)NC(=O)N(CCOCCOc2ccc([N+](=O)[O-])cc2)C1=O. The predicted octanol–water partition coefficient (Wildman–Crippen LogP) is 1.32. The summed E-state index contributed by atoms with van der Waals surface area (Å²) in [5.41, 5.74) is -0.883. The molecule has 0 saturated carbocycles. The Morgan fingerprint density at radius 3 is 2.38 bits per heavy atom. The normalized spacial score (nSPS) is 16.2. The lowest BCUT2D eigenvalue weighted by molar-refractivity contribution is -0.384. The lowest BCUT2D eigenvalue weighted by Crippen LogP contribution is -2.40. The number of non-ortho nitro benzene ring substituents is 1. The Balaban J connectivity index is 1.64. The molecule has 0 spiro atoms. The van der Waals surface area contributed by atoms with E-state index < -0.39 is 16.5 Å². The summed E-state index contributed by atoms with van der Waals surface area (Å²) in [5, 5.41) is 13.1. The Hall–Kier alpha value is -2.68. The van der Waals surface area contributed by atoms with Gasteiger partial charge in [0.25, 0.3) is 11.6 Å². The van der Waals surface area contributed by atoms with Crippen LogP contribution in [-0.4, -0.2) is 53.7 Å². The van der Waals surface area contributed by atoms with E-state index in [1.807, 2.05) is 0 Å². The molecule has 3 amide bonds. The molecule has 0 aliphatic carbocycles. The van der Waals surface area contributed by atoms with Crippen LogP contribution in [0.5, 0.6) is 5.75 Å². The summed E-state index contributed by atoms with van der Waals surface area (Å²) in [5.74, 6) is 0.221. The molecule has 9 nitrogen and oxygen atoms in total. The zero-order valence-corrected chi connectivity index (χ0v) is 13.5. The van der Waals surface area contributed by atoms with E-state index in [2.05, 4.69) is 5.32 Å². The zero-order chi connectivity index (χ0) is 17.7. The monoisotopic (exact) mass is 337 g/mol. The van der Waals surface area contributed by atoms with Crippen molar-refractivity contribution in [2.75, 3.05) is 26.4 Å². The Morgan fingerprint density at radius 2 is 1.83 bits per heavy atom. The van der Waals surface area contributed by atoms with E-state index in [1.165, 1.54) is 24.3 Å². The van der Waals surface area contributed by atoms with Crippen LogP contribution < -0.4 is 10.1 Å². The Bertz CT molecular complexity index is 629. The van der Waals surface area contributed by atoms with Crippen LogP contribution in [0.25, 0.3) is 0 Å².